The third-order valence-corrected chi connectivity index (χ3v) is 4.44. The number of amides is 1. The molecule has 1 aliphatic carbocycles. The minimum Gasteiger partial charge on any atom is -0.391 e. The lowest BCUT2D eigenvalue weighted by Gasteiger charge is -2.17. The predicted octanol–water partition coefficient (Wildman–Crippen LogP) is 0.914. The van der Waals surface area contributed by atoms with Gasteiger partial charge in [0.15, 0.2) is 0 Å². The molecule has 0 bridgehead atoms. The first-order chi connectivity index (χ1) is 11.5. The van der Waals surface area contributed by atoms with Crippen LogP contribution in [0.1, 0.15) is 23.2 Å². The molecule has 1 unspecified atom stereocenters. The van der Waals surface area contributed by atoms with Crippen LogP contribution in [-0.2, 0) is 6.54 Å². The van der Waals surface area contributed by atoms with Crippen LogP contribution in [0.3, 0.4) is 0 Å². The molecule has 1 fully saturated rings. The van der Waals surface area contributed by atoms with E-state index in [2.05, 4.69) is 15.3 Å². The van der Waals surface area contributed by atoms with Crippen LogP contribution in [0.25, 0.3) is 0 Å². The van der Waals surface area contributed by atoms with Crippen LogP contribution >= 0.6 is 0 Å². The number of rotatable bonds is 5. The number of nitrogens with one attached hydrogen (secondary N) is 1. The summed E-state index contributed by atoms with van der Waals surface area (Å²) in [6.07, 6.45) is 7.99. The summed E-state index contributed by atoms with van der Waals surface area (Å²) in [5.74, 6) is 0.884. The van der Waals surface area contributed by atoms with Gasteiger partial charge < -0.3 is 19.9 Å². The molecule has 24 heavy (non-hydrogen) atoms. The van der Waals surface area contributed by atoms with E-state index in [0.717, 1.165) is 18.8 Å². The van der Waals surface area contributed by atoms with E-state index in [1.54, 1.807) is 30.9 Å². The van der Waals surface area contributed by atoms with E-state index in [0.29, 0.717) is 17.9 Å². The molecule has 2 aromatic heterocycles. The maximum Gasteiger partial charge on any atom is 0.251 e. The highest BCUT2D eigenvalue weighted by atomic mass is 16.3. The van der Waals surface area contributed by atoms with Crippen molar-refractivity contribution in [1.29, 1.82) is 0 Å². The fourth-order valence-electron chi connectivity index (χ4n) is 3.17. The van der Waals surface area contributed by atoms with E-state index >= 15 is 0 Å². The highest BCUT2D eigenvalue weighted by molar-refractivity contribution is 5.95. The molecular weight excluding hydrogens is 306 g/mol. The lowest BCUT2D eigenvalue weighted by molar-refractivity contribution is 0.0872. The van der Waals surface area contributed by atoms with Gasteiger partial charge in [0.25, 0.3) is 5.91 Å². The lowest BCUT2D eigenvalue weighted by Crippen LogP contribution is -2.40. The monoisotopic (exact) mass is 329 g/mol. The molecule has 3 atom stereocenters. The number of imidazole rings is 1. The second kappa shape index (κ2) is 7.00. The molecule has 128 valence electrons. The lowest BCUT2D eigenvalue weighted by atomic mass is 10.1. The third-order valence-electron chi connectivity index (χ3n) is 4.44. The van der Waals surface area contributed by atoms with Crippen molar-refractivity contribution in [3.05, 3.63) is 42.6 Å². The number of aliphatic hydroxyl groups is 1. The molecule has 7 nitrogen and oxygen atoms in total. The van der Waals surface area contributed by atoms with Gasteiger partial charge in [0.05, 0.1) is 18.5 Å². The zero-order chi connectivity index (χ0) is 17.1. The summed E-state index contributed by atoms with van der Waals surface area (Å²) in [6, 6.07) is 3.22. The van der Waals surface area contributed by atoms with Crippen LogP contribution in [0.4, 0.5) is 5.82 Å². The highest BCUT2D eigenvalue weighted by Crippen LogP contribution is 2.28. The zero-order valence-electron chi connectivity index (χ0n) is 14.0. The molecule has 0 radical (unpaired) electrons. The molecule has 2 heterocycles. The molecule has 0 saturated heterocycles. The molecule has 0 spiro atoms. The second-order valence-corrected chi connectivity index (χ2v) is 6.54. The second-order valence-electron chi connectivity index (χ2n) is 6.54. The first-order valence-electron chi connectivity index (χ1n) is 8.11. The van der Waals surface area contributed by atoms with Gasteiger partial charge in [0, 0.05) is 44.8 Å². The van der Waals surface area contributed by atoms with Crippen molar-refractivity contribution >= 4 is 11.7 Å². The minimum absolute atomic E-state index is 0.173. The van der Waals surface area contributed by atoms with E-state index in [1.807, 2.05) is 29.8 Å². The number of carbonyl (C=O) groups excluding carboxylic acids is 1. The molecule has 0 aromatic carbocycles. The maximum atomic E-state index is 12.5. The van der Waals surface area contributed by atoms with Crippen LogP contribution < -0.4 is 10.2 Å². The Labute approximate surface area is 141 Å². The molecule has 2 N–H and O–H groups in total. The fraction of sp³-hybridized carbons (Fsp3) is 0.471. The average molecular weight is 329 g/mol. The average Bonchev–Trinajstić information content (AvgIpc) is 3.18. The van der Waals surface area contributed by atoms with Gasteiger partial charge in [-0.3, -0.25) is 4.79 Å². The Hall–Kier alpha value is -2.41. The SMILES string of the molecule is CN(C)c1cc(C(=O)N[C@@H]2CC(Cn3ccnc3)C[C@H]2O)ccn1. The molecule has 1 saturated carbocycles. The quantitative estimate of drug-likeness (QED) is 0.852. The van der Waals surface area contributed by atoms with Gasteiger partial charge in [0.2, 0.25) is 0 Å². The smallest absolute Gasteiger partial charge is 0.251 e. The van der Waals surface area contributed by atoms with Crippen molar-refractivity contribution in [1.82, 2.24) is 19.9 Å². The first-order valence-corrected chi connectivity index (χ1v) is 8.11. The largest absolute Gasteiger partial charge is 0.391 e. The fourth-order valence-corrected chi connectivity index (χ4v) is 3.17. The molecule has 2 aromatic rings. The van der Waals surface area contributed by atoms with E-state index in [4.69, 9.17) is 0 Å². The van der Waals surface area contributed by atoms with Crippen LogP contribution in [-0.4, -0.2) is 51.8 Å². The van der Waals surface area contributed by atoms with Gasteiger partial charge in [-0.15, -0.1) is 0 Å². The van der Waals surface area contributed by atoms with Gasteiger partial charge in [-0.2, -0.15) is 0 Å². The number of aromatic nitrogens is 3. The Morgan fingerprint density at radius 1 is 1.42 bits per heavy atom. The summed E-state index contributed by atoms with van der Waals surface area (Å²) in [5.41, 5.74) is 0.555. The highest BCUT2D eigenvalue weighted by Gasteiger charge is 2.34. The maximum absolute atomic E-state index is 12.5. The number of aliphatic hydroxyl groups excluding tert-OH is 1. The van der Waals surface area contributed by atoms with Crippen molar-refractivity contribution in [3.63, 3.8) is 0 Å². The summed E-state index contributed by atoms with van der Waals surface area (Å²) in [5, 5.41) is 13.2. The number of nitrogens with zero attached hydrogens (tertiary/aromatic N) is 4. The van der Waals surface area contributed by atoms with Gasteiger partial charge in [-0.05, 0) is 30.9 Å². The van der Waals surface area contributed by atoms with E-state index in [9.17, 15) is 9.90 Å². The van der Waals surface area contributed by atoms with Gasteiger partial charge >= 0.3 is 0 Å². The number of anilines is 1. The van der Waals surface area contributed by atoms with Crippen LogP contribution in [0.2, 0.25) is 0 Å². The summed E-state index contributed by atoms with van der Waals surface area (Å²) < 4.78 is 2.01. The third kappa shape index (κ3) is 3.73. The number of hydrogen-bond acceptors (Lipinski definition) is 5. The molecule has 3 rings (SSSR count). The van der Waals surface area contributed by atoms with Gasteiger partial charge in [-0.1, -0.05) is 0 Å². The van der Waals surface area contributed by atoms with Gasteiger partial charge in [0.1, 0.15) is 5.82 Å². The Balaban J connectivity index is 1.61. The molecule has 7 heteroatoms. The standard InChI is InChI=1S/C17H23N5O2/c1-21(2)16-9-13(3-4-19-16)17(24)20-14-7-12(8-15(14)23)10-22-6-5-18-11-22/h3-6,9,11-12,14-15,23H,7-8,10H2,1-2H3,(H,20,24)/t12?,14-,15-/m1/s1. The molecule has 0 aliphatic heterocycles. The summed E-state index contributed by atoms with van der Waals surface area (Å²) in [4.78, 5) is 22.6. The van der Waals surface area contributed by atoms with Crippen molar-refractivity contribution in [2.45, 2.75) is 31.5 Å². The van der Waals surface area contributed by atoms with Crippen molar-refractivity contribution in [3.8, 4) is 0 Å². The van der Waals surface area contributed by atoms with Crippen LogP contribution in [0.5, 0.6) is 0 Å². The Kier molecular flexibility index (Phi) is 4.80. The summed E-state index contributed by atoms with van der Waals surface area (Å²) >= 11 is 0. The van der Waals surface area contributed by atoms with Crippen molar-refractivity contribution in [2.75, 3.05) is 19.0 Å². The number of pyridine rings is 1. The van der Waals surface area contributed by atoms with Crippen LogP contribution in [0, 0.1) is 5.92 Å². The number of hydrogen-bond donors (Lipinski definition) is 2. The van der Waals surface area contributed by atoms with Crippen molar-refractivity contribution in [2.24, 2.45) is 5.92 Å². The molecule has 1 aliphatic rings. The predicted molar refractivity (Wildman–Crippen MR) is 90.8 cm³/mol. The number of carbonyl (C=O) groups is 1. The summed E-state index contributed by atoms with van der Waals surface area (Å²) in [7, 11) is 3.76. The Morgan fingerprint density at radius 3 is 2.96 bits per heavy atom. The first kappa shape index (κ1) is 16.4. The van der Waals surface area contributed by atoms with Gasteiger partial charge in [-0.25, -0.2) is 9.97 Å². The summed E-state index contributed by atoms with van der Waals surface area (Å²) in [6.45, 7) is 0.809. The van der Waals surface area contributed by atoms with Crippen molar-refractivity contribution < 1.29 is 9.90 Å². The molecular formula is C17H23N5O2. The Bertz CT molecular complexity index is 686. The zero-order valence-corrected chi connectivity index (χ0v) is 14.0. The minimum atomic E-state index is -0.516. The normalized spacial score (nSPS) is 23.2. The Morgan fingerprint density at radius 2 is 2.25 bits per heavy atom. The topological polar surface area (TPSA) is 83.3 Å². The van der Waals surface area contributed by atoms with E-state index in [1.165, 1.54) is 0 Å². The van der Waals surface area contributed by atoms with Crippen LogP contribution in [0.15, 0.2) is 37.1 Å². The van der Waals surface area contributed by atoms with E-state index < -0.39 is 6.10 Å². The van der Waals surface area contributed by atoms with E-state index in [-0.39, 0.29) is 11.9 Å². The molecule has 1 amide bonds.